The molecule has 0 bridgehead atoms. The summed E-state index contributed by atoms with van der Waals surface area (Å²) in [5, 5.41) is 3.92. The van der Waals surface area contributed by atoms with Crippen LogP contribution in [0.15, 0.2) is 83.2 Å². The quantitative estimate of drug-likeness (QED) is 0.376. The molecule has 1 aliphatic heterocycles. The molecule has 2 aromatic carbocycles. The van der Waals surface area contributed by atoms with Gasteiger partial charge in [-0.05, 0) is 68.0 Å². The van der Waals surface area contributed by atoms with Gasteiger partial charge >= 0.3 is 6.03 Å². The van der Waals surface area contributed by atoms with Crippen molar-refractivity contribution in [2.45, 2.75) is 13.8 Å². The molecule has 2 aromatic heterocycles. The standard InChI is InChI=1S/C28H26N4O3/c1-17-13-18(2)29-22(17)15-24-27(35-4)16-23(31-24)26-14-19-7-5-6-8-25(19)32(26)28(33)30-20-9-11-21(34-3)12-10-20/h5-16,29H,1-4H3,(H,30,33)/b24-15-. The third-order valence-corrected chi connectivity index (χ3v) is 5.97. The van der Waals surface area contributed by atoms with Gasteiger partial charge in [-0.1, -0.05) is 18.2 Å². The number of anilines is 1. The number of aromatic nitrogens is 2. The first-order valence-electron chi connectivity index (χ1n) is 11.3. The van der Waals surface area contributed by atoms with Crippen LogP contribution in [0.4, 0.5) is 10.5 Å². The molecule has 0 radical (unpaired) electrons. The predicted molar refractivity (Wildman–Crippen MR) is 139 cm³/mol. The fraction of sp³-hybridized carbons (Fsp3) is 0.143. The van der Waals surface area contributed by atoms with Gasteiger partial charge in [-0.25, -0.2) is 9.79 Å². The fourth-order valence-electron chi connectivity index (χ4n) is 4.27. The van der Waals surface area contributed by atoms with Crippen LogP contribution in [-0.2, 0) is 4.74 Å². The second-order valence-corrected chi connectivity index (χ2v) is 8.37. The highest BCUT2D eigenvalue weighted by Gasteiger charge is 2.23. The lowest BCUT2D eigenvalue weighted by Crippen LogP contribution is -2.22. The zero-order chi connectivity index (χ0) is 24.5. The summed E-state index contributed by atoms with van der Waals surface area (Å²) in [6.45, 7) is 4.07. The number of para-hydroxylation sites is 1. The number of aryl methyl sites for hydroxylation is 2. The third kappa shape index (κ3) is 4.24. The summed E-state index contributed by atoms with van der Waals surface area (Å²) in [5.41, 5.74) is 6.65. The summed E-state index contributed by atoms with van der Waals surface area (Å²) in [7, 11) is 3.23. The summed E-state index contributed by atoms with van der Waals surface area (Å²) < 4.78 is 12.5. The molecule has 4 aromatic rings. The topological polar surface area (TPSA) is 80.6 Å². The second kappa shape index (κ2) is 9.02. The number of ether oxygens (including phenoxy) is 2. The van der Waals surface area contributed by atoms with E-state index in [1.54, 1.807) is 43.1 Å². The SMILES string of the molecule is COC1=CC(c2cc3ccccc3n2C(=O)Nc2ccc(OC)cc2)=N/C1=C\c1[nH]c(C)cc1C. The number of methoxy groups -OCH3 is 2. The molecule has 7 nitrogen and oxygen atoms in total. The highest BCUT2D eigenvalue weighted by Crippen LogP contribution is 2.29. The molecule has 176 valence electrons. The molecule has 7 heteroatoms. The molecule has 0 spiro atoms. The highest BCUT2D eigenvalue weighted by molar-refractivity contribution is 6.16. The maximum absolute atomic E-state index is 13.5. The molecule has 35 heavy (non-hydrogen) atoms. The number of rotatable bonds is 5. The number of nitrogens with one attached hydrogen (secondary N) is 2. The monoisotopic (exact) mass is 466 g/mol. The number of benzene rings is 2. The molecule has 0 unspecified atom stereocenters. The van der Waals surface area contributed by atoms with E-state index >= 15 is 0 Å². The van der Waals surface area contributed by atoms with E-state index in [0.717, 1.165) is 33.6 Å². The van der Waals surface area contributed by atoms with Gasteiger partial charge in [0.05, 0.1) is 31.1 Å². The molecular weight excluding hydrogens is 440 g/mol. The zero-order valence-corrected chi connectivity index (χ0v) is 20.0. The molecular formula is C28H26N4O3. The minimum Gasteiger partial charge on any atom is -0.497 e. The van der Waals surface area contributed by atoms with Crippen molar-refractivity contribution < 1.29 is 14.3 Å². The second-order valence-electron chi connectivity index (χ2n) is 8.37. The number of hydrogen-bond donors (Lipinski definition) is 2. The number of nitrogens with zero attached hydrogens (tertiary/aromatic N) is 2. The van der Waals surface area contributed by atoms with E-state index < -0.39 is 0 Å². The molecule has 0 fully saturated rings. The van der Waals surface area contributed by atoms with E-state index in [0.29, 0.717) is 28.5 Å². The summed E-state index contributed by atoms with van der Waals surface area (Å²) in [4.78, 5) is 21.7. The Morgan fingerprint density at radius 2 is 1.80 bits per heavy atom. The molecule has 0 saturated heterocycles. The Labute approximate surface area is 203 Å². The van der Waals surface area contributed by atoms with Crippen molar-refractivity contribution in [3.8, 4) is 5.75 Å². The van der Waals surface area contributed by atoms with E-state index in [1.807, 2.05) is 56.3 Å². The molecule has 0 saturated carbocycles. The molecule has 2 N–H and O–H groups in total. The summed E-state index contributed by atoms with van der Waals surface area (Å²) >= 11 is 0. The first-order chi connectivity index (χ1) is 17.0. The van der Waals surface area contributed by atoms with Gasteiger partial charge in [-0.3, -0.25) is 4.57 Å². The van der Waals surface area contributed by atoms with Gasteiger partial charge < -0.3 is 19.8 Å². The maximum atomic E-state index is 13.5. The van der Waals surface area contributed by atoms with Gasteiger partial charge in [0.25, 0.3) is 0 Å². The van der Waals surface area contributed by atoms with Crippen molar-refractivity contribution in [2.24, 2.45) is 4.99 Å². The molecule has 1 amide bonds. The fourth-order valence-corrected chi connectivity index (χ4v) is 4.27. The highest BCUT2D eigenvalue weighted by atomic mass is 16.5. The van der Waals surface area contributed by atoms with Crippen molar-refractivity contribution in [2.75, 3.05) is 19.5 Å². The number of H-pyrrole nitrogens is 1. The van der Waals surface area contributed by atoms with Gasteiger partial charge in [-0.15, -0.1) is 0 Å². The number of aromatic amines is 1. The molecule has 5 rings (SSSR count). The minimum atomic E-state index is -0.283. The van der Waals surface area contributed by atoms with Crippen LogP contribution in [0, 0.1) is 13.8 Å². The Morgan fingerprint density at radius 3 is 2.49 bits per heavy atom. The molecule has 1 aliphatic rings. The lowest BCUT2D eigenvalue weighted by molar-refractivity contribution is 0.254. The van der Waals surface area contributed by atoms with E-state index in [-0.39, 0.29) is 6.03 Å². The van der Waals surface area contributed by atoms with Crippen molar-refractivity contribution in [1.82, 2.24) is 9.55 Å². The Morgan fingerprint density at radius 1 is 1.03 bits per heavy atom. The van der Waals surface area contributed by atoms with Crippen LogP contribution < -0.4 is 10.1 Å². The van der Waals surface area contributed by atoms with Crippen LogP contribution in [0.5, 0.6) is 5.75 Å². The Bertz CT molecular complexity index is 1520. The molecule has 3 heterocycles. The Kier molecular flexibility index (Phi) is 5.74. The summed E-state index contributed by atoms with van der Waals surface area (Å²) in [6, 6.07) is 18.8. The number of allylic oxidation sites excluding steroid dienone is 1. The smallest absolute Gasteiger partial charge is 0.331 e. The number of carbonyl (C=O) groups is 1. The van der Waals surface area contributed by atoms with Crippen LogP contribution in [0.3, 0.4) is 0 Å². The summed E-state index contributed by atoms with van der Waals surface area (Å²) in [5.74, 6) is 1.36. The molecule has 0 atom stereocenters. The number of aliphatic imine (C=N–C) groups is 1. The van der Waals surface area contributed by atoms with Crippen molar-refractivity contribution in [3.05, 3.63) is 101 Å². The molecule has 0 aliphatic carbocycles. The minimum absolute atomic E-state index is 0.283. The van der Waals surface area contributed by atoms with Crippen molar-refractivity contribution in [3.63, 3.8) is 0 Å². The third-order valence-electron chi connectivity index (χ3n) is 5.97. The first kappa shape index (κ1) is 22.3. The summed E-state index contributed by atoms with van der Waals surface area (Å²) in [6.07, 6.45) is 3.83. The van der Waals surface area contributed by atoms with Gasteiger partial charge in [0.15, 0.2) is 0 Å². The van der Waals surface area contributed by atoms with Crippen LogP contribution in [0.2, 0.25) is 0 Å². The van der Waals surface area contributed by atoms with Crippen LogP contribution in [0.25, 0.3) is 17.0 Å². The number of fused-ring (bicyclic) bond motifs is 1. The van der Waals surface area contributed by atoms with Gasteiger partial charge in [-0.2, -0.15) is 0 Å². The zero-order valence-electron chi connectivity index (χ0n) is 20.0. The van der Waals surface area contributed by atoms with Gasteiger partial charge in [0, 0.05) is 28.5 Å². The van der Waals surface area contributed by atoms with Crippen molar-refractivity contribution in [1.29, 1.82) is 0 Å². The van der Waals surface area contributed by atoms with Crippen LogP contribution in [0.1, 0.15) is 22.6 Å². The lowest BCUT2D eigenvalue weighted by atomic mass is 10.2. The van der Waals surface area contributed by atoms with Crippen molar-refractivity contribution >= 4 is 34.4 Å². The van der Waals surface area contributed by atoms with E-state index in [4.69, 9.17) is 14.5 Å². The average Bonchev–Trinajstić information content (AvgIpc) is 3.54. The number of hydrogen-bond acceptors (Lipinski definition) is 4. The van der Waals surface area contributed by atoms with Gasteiger partial charge in [0.2, 0.25) is 0 Å². The van der Waals surface area contributed by atoms with E-state index in [2.05, 4.69) is 16.4 Å². The van der Waals surface area contributed by atoms with E-state index in [1.165, 1.54) is 0 Å². The first-order valence-corrected chi connectivity index (χ1v) is 11.3. The lowest BCUT2D eigenvalue weighted by Gasteiger charge is -2.11. The van der Waals surface area contributed by atoms with Crippen LogP contribution >= 0.6 is 0 Å². The van der Waals surface area contributed by atoms with Crippen LogP contribution in [-0.4, -0.2) is 35.5 Å². The number of amides is 1. The normalized spacial score (nSPS) is 14.2. The Hall–Kier alpha value is -4.52. The average molecular weight is 467 g/mol. The number of carbonyl (C=O) groups excluding carboxylic acids is 1. The maximum Gasteiger partial charge on any atom is 0.331 e. The van der Waals surface area contributed by atoms with Gasteiger partial charge in [0.1, 0.15) is 17.2 Å². The van der Waals surface area contributed by atoms with E-state index in [9.17, 15) is 4.79 Å². The predicted octanol–water partition coefficient (Wildman–Crippen LogP) is 6.05. The largest absolute Gasteiger partial charge is 0.497 e. The Balaban J connectivity index is 1.57.